The number of nitrogens with one attached hydrogen (secondary N) is 1. The molecule has 3 rings (SSSR count). The van der Waals surface area contributed by atoms with Gasteiger partial charge in [-0.2, -0.15) is 5.10 Å². The number of hydrogen-bond acceptors (Lipinski definition) is 5. The van der Waals surface area contributed by atoms with E-state index in [-0.39, 0.29) is 29.6 Å². The second kappa shape index (κ2) is 8.23. The molecule has 0 aliphatic heterocycles. The molecular formula is C21H20N2O4. The van der Waals surface area contributed by atoms with E-state index >= 15 is 0 Å². The molecule has 0 saturated heterocycles. The number of methoxy groups -OCH3 is 2. The van der Waals surface area contributed by atoms with Gasteiger partial charge in [0.05, 0.1) is 26.9 Å². The van der Waals surface area contributed by atoms with E-state index in [0.29, 0.717) is 5.56 Å². The van der Waals surface area contributed by atoms with Crippen LogP contribution >= 0.6 is 0 Å². The normalized spacial score (nSPS) is 10.9. The van der Waals surface area contributed by atoms with E-state index in [4.69, 9.17) is 9.47 Å². The number of hydrogen-bond donors (Lipinski definition) is 2. The summed E-state index contributed by atoms with van der Waals surface area (Å²) in [6.07, 6.45) is 1.69. The first kappa shape index (κ1) is 18.3. The monoisotopic (exact) mass is 364 g/mol. The van der Waals surface area contributed by atoms with E-state index in [9.17, 15) is 9.90 Å². The molecule has 6 nitrogen and oxygen atoms in total. The minimum absolute atomic E-state index is 0.0860. The number of benzene rings is 3. The van der Waals surface area contributed by atoms with Gasteiger partial charge < -0.3 is 14.6 Å². The van der Waals surface area contributed by atoms with E-state index in [2.05, 4.69) is 10.5 Å². The van der Waals surface area contributed by atoms with Crippen LogP contribution < -0.4 is 14.9 Å². The summed E-state index contributed by atoms with van der Waals surface area (Å²) in [6.45, 7) is 0. The van der Waals surface area contributed by atoms with E-state index in [1.54, 1.807) is 12.1 Å². The highest BCUT2D eigenvalue weighted by Gasteiger charge is 2.10. The van der Waals surface area contributed by atoms with E-state index in [0.717, 1.165) is 16.3 Å². The summed E-state index contributed by atoms with van der Waals surface area (Å²) < 4.78 is 10.2. The third-order valence-electron chi connectivity index (χ3n) is 4.14. The van der Waals surface area contributed by atoms with E-state index in [1.807, 2.05) is 42.5 Å². The maximum absolute atomic E-state index is 12.2. The van der Waals surface area contributed by atoms with Gasteiger partial charge in [-0.1, -0.05) is 42.5 Å². The predicted octanol–water partition coefficient (Wildman–Crippen LogP) is 3.26. The summed E-state index contributed by atoms with van der Waals surface area (Å²) in [5.74, 6) is 0.216. The van der Waals surface area contributed by atoms with Crippen molar-refractivity contribution in [3.8, 4) is 17.2 Å². The van der Waals surface area contributed by atoms with Crippen molar-refractivity contribution in [1.82, 2.24) is 5.43 Å². The fraction of sp³-hybridized carbons (Fsp3) is 0.143. The number of fused-ring (bicyclic) bond motifs is 1. The summed E-state index contributed by atoms with van der Waals surface area (Å²) >= 11 is 0. The van der Waals surface area contributed by atoms with Crippen molar-refractivity contribution in [2.24, 2.45) is 5.10 Å². The molecule has 0 unspecified atom stereocenters. The molecule has 2 N–H and O–H groups in total. The molecule has 0 saturated carbocycles. The van der Waals surface area contributed by atoms with Crippen LogP contribution in [0.4, 0.5) is 0 Å². The Labute approximate surface area is 157 Å². The molecule has 0 aliphatic carbocycles. The lowest BCUT2D eigenvalue weighted by Gasteiger charge is -2.09. The highest BCUT2D eigenvalue weighted by atomic mass is 16.5. The zero-order valence-electron chi connectivity index (χ0n) is 15.1. The molecule has 6 heteroatoms. The van der Waals surface area contributed by atoms with Crippen molar-refractivity contribution in [3.63, 3.8) is 0 Å². The van der Waals surface area contributed by atoms with E-state index in [1.165, 1.54) is 20.4 Å². The SMILES string of the molecule is COc1cc(/C=N/NC(=O)Cc2cccc3ccccc23)cc(OC)c1O. The Kier molecular flexibility index (Phi) is 5.56. The maximum atomic E-state index is 12.2. The zero-order chi connectivity index (χ0) is 19.2. The second-order valence-corrected chi connectivity index (χ2v) is 5.88. The topological polar surface area (TPSA) is 80.2 Å². The molecule has 27 heavy (non-hydrogen) atoms. The molecular weight excluding hydrogens is 344 g/mol. The highest BCUT2D eigenvalue weighted by molar-refractivity contribution is 5.90. The minimum atomic E-state index is -0.222. The number of carbonyl (C=O) groups excluding carboxylic acids is 1. The van der Waals surface area contributed by atoms with Crippen molar-refractivity contribution >= 4 is 22.9 Å². The Bertz CT molecular complexity index is 968. The molecule has 0 fully saturated rings. The number of rotatable bonds is 6. The third-order valence-corrected chi connectivity index (χ3v) is 4.14. The second-order valence-electron chi connectivity index (χ2n) is 5.88. The molecule has 3 aromatic rings. The average molecular weight is 364 g/mol. The maximum Gasteiger partial charge on any atom is 0.244 e. The van der Waals surface area contributed by atoms with Crippen LogP contribution in [0.25, 0.3) is 10.8 Å². The molecule has 0 bridgehead atoms. The quantitative estimate of drug-likeness (QED) is 0.520. The number of amides is 1. The molecule has 0 heterocycles. The predicted molar refractivity (Wildman–Crippen MR) is 105 cm³/mol. The van der Waals surface area contributed by atoms with Crippen LogP contribution in [-0.4, -0.2) is 31.4 Å². The van der Waals surface area contributed by atoms with Crippen LogP contribution in [-0.2, 0) is 11.2 Å². The molecule has 0 spiro atoms. The smallest absolute Gasteiger partial charge is 0.244 e. The van der Waals surface area contributed by atoms with Crippen LogP contribution in [0.5, 0.6) is 17.2 Å². The first-order valence-corrected chi connectivity index (χ1v) is 8.36. The van der Waals surface area contributed by atoms with Gasteiger partial charge in [-0.15, -0.1) is 0 Å². The van der Waals surface area contributed by atoms with Crippen LogP contribution in [0.2, 0.25) is 0 Å². The number of ether oxygens (including phenoxy) is 2. The Balaban J connectivity index is 1.70. The lowest BCUT2D eigenvalue weighted by molar-refractivity contribution is -0.120. The van der Waals surface area contributed by atoms with Crippen LogP contribution in [0.3, 0.4) is 0 Å². The number of nitrogens with zero attached hydrogens (tertiary/aromatic N) is 1. The Morgan fingerprint density at radius 1 is 1.07 bits per heavy atom. The van der Waals surface area contributed by atoms with Gasteiger partial charge in [0.25, 0.3) is 0 Å². The van der Waals surface area contributed by atoms with Gasteiger partial charge in [-0.05, 0) is 28.5 Å². The van der Waals surface area contributed by atoms with Crippen molar-refractivity contribution in [1.29, 1.82) is 0 Å². The summed E-state index contributed by atoms with van der Waals surface area (Å²) in [7, 11) is 2.89. The van der Waals surface area contributed by atoms with E-state index < -0.39 is 0 Å². The van der Waals surface area contributed by atoms with Gasteiger partial charge in [-0.3, -0.25) is 4.79 Å². The number of phenolic OH excluding ortho intramolecular Hbond substituents is 1. The van der Waals surface area contributed by atoms with Crippen molar-refractivity contribution < 1.29 is 19.4 Å². The lowest BCUT2D eigenvalue weighted by atomic mass is 10.0. The molecule has 0 atom stereocenters. The average Bonchev–Trinajstić information content (AvgIpc) is 2.69. The van der Waals surface area contributed by atoms with Gasteiger partial charge in [-0.25, -0.2) is 5.43 Å². The van der Waals surface area contributed by atoms with Gasteiger partial charge in [0, 0.05) is 5.56 Å². The Hall–Kier alpha value is -3.54. The summed E-state index contributed by atoms with van der Waals surface area (Å²) in [6, 6.07) is 17.0. The van der Waals surface area contributed by atoms with Gasteiger partial charge in [0.15, 0.2) is 11.5 Å². The van der Waals surface area contributed by atoms with Crippen molar-refractivity contribution in [2.45, 2.75) is 6.42 Å². The van der Waals surface area contributed by atoms with Gasteiger partial charge in [0.2, 0.25) is 11.7 Å². The summed E-state index contributed by atoms with van der Waals surface area (Å²) in [5, 5.41) is 16.0. The summed E-state index contributed by atoms with van der Waals surface area (Å²) in [4.78, 5) is 12.2. The standard InChI is InChI=1S/C21H20N2O4/c1-26-18-10-14(11-19(27-2)21(18)25)13-22-23-20(24)12-16-8-5-7-15-6-3-4-9-17(15)16/h3-11,13,25H,12H2,1-2H3,(H,23,24)/b22-13+. The molecule has 138 valence electrons. The largest absolute Gasteiger partial charge is 0.502 e. The third kappa shape index (κ3) is 4.17. The molecule has 0 radical (unpaired) electrons. The minimum Gasteiger partial charge on any atom is -0.502 e. The first-order chi connectivity index (χ1) is 13.1. The summed E-state index contributed by atoms with van der Waals surface area (Å²) in [5.41, 5.74) is 4.08. The molecule has 0 aliphatic rings. The Morgan fingerprint density at radius 2 is 1.74 bits per heavy atom. The first-order valence-electron chi connectivity index (χ1n) is 8.36. The van der Waals surface area contributed by atoms with Gasteiger partial charge in [0.1, 0.15) is 0 Å². The van der Waals surface area contributed by atoms with Gasteiger partial charge >= 0.3 is 0 Å². The lowest BCUT2D eigenvalue weighted by Crippen LogP contribution is -2.19. The van der Waals surface area contributed by atoms with Crippen LogP contribution in [0, 0.1) is 0 Å². The zero-order valence-corrected chi connectivity index (χ0v) is 15.1. The van der Waals surface area contributed by atoms with Crippen molar-refractivity contribution in [3.05, 3.63) is 65.7 Å². The molecule has 1 amide bonds. The molecule has 0 aromatic heterocycles. The number of aromatic hydroxyl groups is 1. The number of carbonyl (C=O) groups is 1. The fourth-order valence-corrected chi connectivity index (χ4v) is 2.83. The highest BCUT2D eigenvalue weighted by Crippen LogP contribution is 2.36. The van der Waals surface area contributed by atoms with Crippen LogP contribution in [0.15, 0.2) is 59.7 Å². The molecule has 3 aromatic carbocycles. The number of hydrazone groups is 1. The fourth-order valence-electron chi connectivity index (χ4n) is 2.83. The van der Waals surface area contributed by atoms with Crippen molar-refractivity contribution in [2.75, 3.05) is 14.2 Å². The van der Waals surface area contributed by atoms with Crippen LogP contribution in [0.1, 0.15) is 11.1 Å². The Morgan fingerprint density at radius 3 is 2.44 bits per heavy atom. The number of phenols is 1.